The van der Waals surface area contributed by atoms with Crippen molar-refractivity contribution in [2.75, 3.05) is 4.90 Å². The Hall–Kier alpha value is -5.96. The maximum atomic E-state index is 2.43. The van der Waals surface area contributed by atoms with Crippen molar-refractivity contribution < 1.29 is 0 Å². The molecule has 1 heterocycles. The maximum Gasteiger partial charge on any atom is 0.0640 e. The van der Waals surface area contributed by atoms with Crippen LogP contribution in [0, 0.1) is 0 Å². The third-order valence-electron chi connectivity index (χ3n) is 9.24. The summed E-state index contributed by atoms with van der Waals surface area (Å²) in [5.74, 6) is 0. The van der Waals surface area contributed by atoms with Gasteiger partial charge in [0.15, 0.2) is 0 Å². The second kappa shape index (κ2) is 12.0. The third kappa shape index (κ3) is 5.04. The van der Waals surface area contributed by atoms with E-state index in [0.29, 0.717) is 0 Å². The number of rotatable bonds is 6. The Bertz CT molecular complexity index is 2550. The van der Waals surface area contributed by atoms with E-state index in [1.807, 2.05) is 11.3 Å². The average Bonchev–Trinajstić information content (AvgIpc) is 3.55. The van der Waals surface area contributed by atoms with Crippen LogP contribution in [0.15, 0.2) is 188 Å². The lowest BCUT2D eigenvalue weighted by atomic mass is 9.93. The molecule has 0 aliphatic carbocycles. The molecule has 48 heavy (non-hydrogen) atoms. The molecule has 0 amide bonds. The highest BCUT2D eigenvalue weighted by Crippen LogP contribution is 2.46. The van der Waals surface area contributed by atoms with Crippen molar-refractivity contribution in [3.8, 4) is 33.4 Å². The van der Waals surface area contributed by atoms with E-state index in [0.717, 1.165) is 11.4 Å². The second-order valence-electron chi connectivity index (χ2n) is 12.2. The van der Waals surface area contributed by atoms with E-state index >= 15 is 0 Å². The van der Waals surface area contributed by atoms with E-state index in [2.05, 4.69) is 193 Å². The van der Waals surface area contributed by atoms with Gasteiger partial charge in [-0.25, -0.2) is 0 Å². The van der Waals surface area contributed by atoms with Gasteiger partial charge in [-0.3, -0.25) is 0 Å². The van der Waals surface area contributed by atoms with Crippen LogP contribution < -0.4 is 4.90 Å². The fourth-order valence-corrected chi connectivity index (χ4v) is 8.13. The zero-order valence-corrected chi connectivity index (χ0v) is 27.1. The Morgan fingerprint density at radius 1 is 0.354 bits per heavy atom. The van der Waals surface area contributed by atoms with Gasteiger partial charge < -0.3 is 4.90 Å². The lowest BCUT2D eigenvalue weighted by molar-refractivity contribution is 1.30. The first-order valence-electron chi connectivity index (χ1n) is 16.3. The summed E-state index contributed by atoms with van der Waals surface area (Å²) in [4.78, 5) is 2.43. The fraction of sp³-hybridized carbons (Fsp3) is 0. The van der Waals surface area contributed by atoms with Crippen LogP contribution >= 0.6 is 11.3 Å². The first-order chi connectivity index (χ1) is 23.8. The highest BCUT2D eigenvalue weighted by Gasteiger charge is 2.19. The van der Waals surface area contributed by atoms with Gasteiger partial charge in [0.1, 0.15) is 0 Å². The van der Waals surface area contributed by atoms with E-state index < -0.39 is 0 Å². The summed E-state index contributed by atoms with van der Waals surface area (Å²) in [7, 11) is 0. The third-order valence-corrected chi connectivity index (χ3v) is 10.5. The number of anilines is 3. The molecule has 1 nitrogen and oxygen atoms in total. The number of thiophene rings is 1. The van der Waals surface area contributed by atoms with Gasteiger partial charge in [0.05, 0.1) is 10.4 Å². The largest absolute Gasteiger partial charge is 0.309 e. The fourth-order valence-electron chi connectivity index (χ4n) is 6.93. The van der Waals surface area contributed by atoms with Crippen LogP contribution in [0.5, 0.6) is 0 Å². The molecule has 0 aliphatic heterocycles. The number of benzene rings is 8. The summed E-state index contributed by atoms with van der Waals surface area (Å²) < 4.78 is 2.59. The second-order valence-corrected chi connectivity index (χ2v) is 13.2. The minimum Gasteiger partial charge on any atom is -0.309 e. The molecule has 0 aliphatic rings. The quantitative estimate of drug-likeness (QED) is 0.177. The molecule has 9 aromatic rings. The molecule has 226 valence electrons. The lowest BCUT2D eigenvalue weighted by Gasteiger charge is -2.27. The smallest absolute Gasteiger partial charge is 0.0640 e. The van der Waals surface area contributed by atoms with Crippen molar-refractivity contribution in [2.24, 2.45) is 0 Å². The first kappa shape index (κ1) is 28.3. The molecular formula is C46H31NS. The van der Waals surface area contributed by atoms with E-state index in [1.54, 1.807) is 0 Å². The predicted octanol–water partition coefficient (Wildman–Crippen LogP) is 13.7. The highest BCUT2D eigenvalue weighted by molar-refractivity contribution is 7.26. The summed E-state index contributed by atoms with van der Waals surface area (Å²) >= 11 is 1.87. The van der Waals surface area contributed by atoms with Gasteiger partial charge in [0.2, 0.25) is 0 Å². The van der Waals surface area contributed by atoms with E-state index in [-0.39, 0.29) is 0 Å². The monoisotopic (exact) mass is 629 g/mol. The van der Waals surface area contributed by atoms with Crippen LogP contribution in [0.2, 0.25) is 0 Å². The average molecular weight is 630 g/mol. The van der Waals surface area contributed by atoms with E-state index in [4.69, 9.17) is 0 Å². The number of fused-ring (bicyclic) bond motifs is 4. The Kier molecular flexibility index (Phi) is 7.07. The molecule has 0 fully saturated rings. The van der Waals surface area contributed by atoms with Crippen LogP contribution in [0.1, 0.15) is 0 Å². The SMILES string of the molecule is c1ccc(-c2ccc(N(c3cccc(-c4cc(-c5ccccc5)c5ccccc5c4)c3)c3cccc4c3sc3ccccc34)cc2)cc1. The van der Waals surface area contributed by atoms with Gasteiger partial charge in [-0.1, -0.05) is 140 Å². The molecule has 0 N–H and O–H groups in total. The molecule has 0 spiro atoms. The van der Waals surface area contributed by atoms with Gasteiger partial charge in [-0.05, 0) is 92.7 Å². The Balaban J connectivity index is 1.23. The molecule has 0 bridgehead atoms. The number of hydrogen-bond acceptors (Lipinski definition) is 2. The summed E-state index contributed by atoms with van der Waals surface area (Å²) in [6.45, 7) is 0. The minimum atomic E-state index is 1.12. The Morgan fingerprint density at radius 2 is 0.979 bits per heavy atom. The van der Waals surface area contributed by atoms with Gasteiger partial charge in [-0.2, -0.15) is 0 Å². The van der Waals surface area contributed by atoms with Crippen molar-refractivity contribution in [1.82, 2.24) is 0 Å². The Labute approximate surface area is 284 Å². The molecule has 0 radical (unpaired) electrons. The van der Waals surface area contributed by atoms with Crippen molar-refractivity contribution in [3.05, 3.63) is 188 Å². The van der Waals surface area contributed by atoms with Crippen LogP contribution in [-0.4, -0.2) is 0 Å². The van der Waals surface area contributed by atoms with Crippen molar-refractivity contribution in [2.45, 2.75) is 0 Å². The van der Waals surface area contributed by atoms with Crippen molar-refractivity contribution in [3.63, 3.8) is 0 Å². The topological polar surface area (TPSA) is 3.24 Å². The lowest BCUT2D eigenvalue weighted by Crippen LogP contribution is -2.10. The number of hydrogen-bond donors (Lipinski definition) is 0. The highest BCUT2D eigenvalue weighted by atomic mass is 32.1. The van der Waals surface area contributed by atoms with Gasteiger partial charge >= 0.3 is 0 Å². The normalized spacial score (nSPS) is 11.3. The van der Waals surface area contributed by atoms with Crippen molar-refractivity contribution >= 4 is 59.3 Å². The van der Waals surface area contributed by atoms with Crippen LogP contribution in [0.4, 0.5) is 17.1 Å². The van der Waals surface area contributed by atoms with Crippen LogP contribution in [0.3, 0.4) is 0 Å². The van der Waals surface area contributed by atoms with Gasteiger partial charge in [0, 0.05) is 26.8 Å². The zero-order valence-electron chi connectivity index (χ0n) is 26.3. The molecule has 8 aromatic carbocycles. The molecule has 0 atom stereocenters. The minimum absolute atomic E-state index is 1.12. The van der Waals surface area contributed by atoms with Crippen LogP contribution in [0.25, 0.3) is 64.3 Å². The van der Waals surface area contributed by atoms with Crippen LogP contribution in [-0.2, 0) is 0 Å². The summed E-state index contributed by atoms with van der Waals surface area (Å²) in [6.07, 6.45) is 0. The molecule has 1 aromatic heterocycles. The predicted molar refractivity (Wildman–Crippen MR) is 208 cm³/mol. The first-order valence-corrected chi connectivity index (χ1v) is 17.2. The molecular weight excluding hydrogens is 599 g/mol. The summed E-state index contributed by atoms with van der Waals surface area (Å²) in [5.41, 5.74) is 10.7. The standard InChI is InChI=1S/C46H31NS/c1-3-13-32(14-4-1)33-25-27-38(28-26-33)47(44-23-12-22-42-41-21-9-10-24-45(41)48-46(42)44)39-19-11-18-35(30-39)37-29-36-17-7-8-20-40(36)43(31-37)34-15-5-2-6-16-34/h1-31H. The van der Waals surface area contributed by atoms with Crippen molar-refractivity contribution in [1.29, 1.82) is 0 Å². The molecule has 9 rings (SSSR count). The van der Waals surface area contributed by atoms with E-state index in [1.165, 1.54) is 70.0 Å². The number of nitrogens with zero attached hydrogens (tertiary/aromatic N) is 1. The maximum absolute atomic E-state index is 2.43. The molecule has 0 saturated carbocycles. The molecule has 2 heteroatoms. The van der Waals surface area contributed by atoms with Gasteiger partial charge in [-0.15, -0.1) is 11.3 Å². The summed E-state index contributed by atoms with van der Waals surface area (Å²) in [6, 6.07) is 68.1. The summed E-state index contributed by atoms with van der Waals surface area (Å²) in [5, 5.41) is 5.09. The molecule has 0 saturated heterocycles. The van der Waals surface area contributed by atoms with E-state index in [9.17, 15) is 0 Å². The zero-order chi connectivity index (χ0) is 31.9. The van der Waals surface area contributed by atoms with Gasteiger partial charge in [0.25, 0.3) is 0 Å². The molecule has 0 unspecified atom stereocenters. The Morgan fingerprint density at radius 3 is 1.79 bits per heavy atom.